The fourth-order valence-corrected chi connectivity index (χ4v) is 10.3. The van der Waals surface area contributed by atoms with E-state index in [9.17, 15) is 62.4 Å². The zero-order chi connectivity index (χ0) is 51.1. The number of aliphatic carboxylic acids is 4. The highest BCUT2D eigenvalue weighted by Crippen LogP contribution is 2.32. The number of anilines is 2. The lowest BCUT2D eigenvalue weighted by Gasteiger charge is -2.38. The molecule has 25 heteroatoms. The van der Waals surface area contributed by atoms with Crippen LogP contribution in [0.25, 0.3) is 0 Å². The summed E-state index contributed by atoms with van der Waals surface area (Å²) in [6, 6.07) is 5.57. The summed E-state index contributed by atoms with van der Waals surface area (Å²) < 4.78 is 29.2. The van der Waals surface area contributed by atoms with E-state index in [1.165, 1.54) is 0 Å². The topological polar surface area (TPSA) is 328 Å². The molecule has 1 fully saturated rings. The molecule has 3 aromatic rings. The van der Waals surface area contributed by atoms with Crippen molar-refractivity contribution in [3.63, 3.8) is 0 Å². The number of ketones is 1. The monoisotopic (exact) mass is 997 g/mol. The fraction of sp³-hybridized carbons (Fsp3) is 0.511. The van der Waals surface area contributed by atoms with E-state index < -0.39 is 58.4 Å². The van der Waals surface area contributed by atoms with Crippen LogP contribution in [0.15, 0.2) is 47.6 Å². The van der Waals surface area contributed by atoms with E-state index in [1.54, 1.807) is 88.0 Å². The summed E-state index contributed by atoms with van der Waals surface area (Å²) in [7, 11) is -4.36. The summed E-state index contributed by atoms with van der Waals surface area (Å²) in [6.45, 7) is 5.64. The third-order valence-corrected chi connectivity index (χ3v) is 13.7. The summed E-state index contributed by atoms with van der Waals surface area (Å²) >= 11 is 0. The number of carbonyl (C=O) groups is 7. The number of sulfonamides is 1. The molecule has 0 saturated carbocycles. The van der Waals surface area contributed by atoms with Crippen LogP contribution in [0.1, 0.15) is 45.5 Å². The minimum absolute atomic E-state index is 0.0726. The molecular formula is C45H63N11O13S. The minimum Gasteiger partial charge on any atom is -0.480 e. The lowest BCUT2D eigenvalue weighted by atomic mass is 9.92. The van der Waals surface area contributed by atoms with Gasteiger partial charge in [0.25, 0.3) is 0 Å². The summed E-state index contributed by atoms with van der Waals surface area (Å²) in [6.07, 6.45) is 3.20. The van der Waals surface area contributed by atoms with Crippen molar-refractivity contribution in [2.24, 2.45) is 0 Å². The minimum atomic E-state index is -4.36. The van der Waals surface area contributed by atoms with Crippen LogP contribution >= 0.6 is 0 Å². The number of nitrogens with one attached hydrogen (secondary N) is 5. The Morgan fingerprint density at radius 3 is 1.81 bits per heavy atom. The second-order valence-electron chi connectivity index (χ2n) is 17.5. The first-order valence-corrected chi connectivity index (χ1v) is 24.3. The summed E-state index contributed by atoms with van der Waals surface area (Å²) in [5.41, 5.74) is 3.15. The highest BCUT2D eigenvalue weighted by Gasteiger charge is 2.37. The number of nitrogens with zero attached hydrogens (tertiary/aromatic N) is 6. The number of H-pyrrole nitrogens is 1. The normalized spacial score (nSPS) is 17.4. The number of benzene rings is 2. The van der Waals surface area contributed by atoms with Gasteiger partial charge in [-0.25, -0.2) is 13.4 Å². The summed E-state index contributed by atoms with van der Waals surface area (Å²) in [5.74, 6) is -5.72. The molecule has 0 spiro atoms. The molecule has 2 aliphatic heterocycles. The van der Waals surface area contributed by atoms with Crippen molar-refractivity contribution in [1.29, 1.82) is 0 Å². The molecule has 9 N–H and O–H groups in total. The van der Waals surface area contributed by atoms with Crippen LogP contribution in [0.2, 0.25) is 0 Å². The Morgan fingerprint density at radius 2 is 1.31 bits per heavy atom. The SMILES string of the molecule is Cc1cc(C)c(S(=O)(=O)N[C@@H](CNC(=O)C2CC(=O)c3ccc(CNc4ncc[nH]4)cc3N2CCCNC(=O)CN2CCN(CC(=O)O)CCN(CC(=O)O)CCN(CC(=O)O)CC2)C(=O)O)c(C)c1. The Bertz CT molecular complexity index is 2420. The van der Waals surface area contributed by atoms with E-state index in [2.05, 4.69) is 30.6 Å². The van der Waals surface area contributed by atoms with Gasteiger partial charge in [0.05, 0.1) is 31.1 Å². The van der Waals surface area contributed by atoms with E-state index in [1.807, 2.05) is 0 Å². The van der Waals surface area contributed by atoms with Gasteiger partial charge in [-0.15, -0.1) is 0 Å². The third kappa shape index (κ3) is 16.3. The second kappa shape index (κ2) is 25.4. The number of aromatic amines is 1. The second-order valence-corrected chi connectivity index (χ2v) is 19.1. The smallest absolute Gasteiger partial charge is 0.323 e. The van der Waals surface area contributed by atoms with Gasteiger partial charge in [0, 0.05) is 109 Å². The molecular weight excluding hydrogens is 935 g/mol. The van der Waals surface area contributed by atoms with Crippen LogP contribution in [0, 0.1) is 20.8 Å². The predicted octanol–water partition coefficient (Wildman–Crippen LogP) is -0.762. The number of carbonyl (C=O) groups excluding carboxylic acids is 3. The molecule has 2 amide bonds. The molecule has 0 bridgehead atoms. The Hall–Kier alpha value is -6.51. The number of Topliss-reactive ketones (excluding diaryl/α,β-unsaturated/α-hetero) is 1. The van der Waals surface area contributed by atoms with Crippen LogP contribution in [0.3, 0.4) is 0 Å². The van der Waals surface area contributed by atoms with Crippen molar-refractivity contribution in [2.75, 3.05) is 108 Å². The molecule has 2 aromatic carbocycles. The largest absolute Gasteiger partial charge is 0.480 e. The van der Waals surface area contributed by atoms with Crippen molar-refractivity contribution >= 4 is 63.1 Å². The van der Waals surface area contributed by atoms with Crippen molar-refractivity contribution < 1.29 is 62.4 Å². The number of rotatable bonds is 22. The van der Waals surface area contributed by atoms with Crippen molar-refractivity contribution in [2.45, 2.75) is 57.1 Å². The van der Waals surface area contributed by atoms with Gasteiger partial charge in [-0.1, -0.05) is 23.8 Å². The molecule has 5 rings (SSSR count). The molecule has 1 saturated heterocycles. The maximum Gasteiger partial charge on any atom is 0.323 e. The molecule has 382 valence electrons. The Morgan fingerprint density at radius 1 is 0.771 bits per heavy atom. The van der Waals surface area contributed by atoms with Crippen molar-refractivity contribution in [3.8, 4) is 0 Å². The van der Waals surface area contributed by atoms with E-state index in [0.717, 1.165) is 11.1 Å². The zero-order valence-electron chi connectivity index (χ0n) is 39.5. The number of hydrogen-bond donors (Lipinski definition) is 9. The molecule has 0 radical (unpaired) electrons. The van der Waals surface area contributed by atoms with Gasteiger partial charge in [0.2, 0.25) is 21.8 Å². The average Bonchev–Trinajstić information content (AvgIpc) is 3.80. The maximum absolute atomic E-state index is 14.1. The molecule has 24 nitrogen and oxygen atoms in total. The van der Waals surface area contributed by atoms with E-state index in [4.69, 9.17) is 0 Å². The molecule has 1 aromatic heterocycles. The first kappa shape index (κ1) is 54.4. The molecule has 3 heterocycles. The van der Waals surface area contributed by atoms with E-state index in [0.29, 0.717) is 28.3 Å². The maximum atomic E-state index is 14.1. The van der Waals surface area contributed by atoms with Gasteiger partial charge in [-0.05, 0) is 56.0 Å². The highest BCUT2D eigenvalue weighted by molar-refractivity contribution is 7.89. The molecule has 2 aliphatic rings. The number of carboxylic acids is 4. The quantitative estimate of drug-likeness (QED) is 0.0559. The number of amides is 2. The van der Waals surface area contributed by atoms with E-state index >= 15 is 0 Å². The number of fused-ring (bicyclic) bond motifs is 1. The Labute approximate surface area is 405 Å². The molecule has 2 atom stereocenters. The highest BCUT2D eigenvalue weighted by atomic mass is 32.2. The zero-order valence-corrected chi connectivity index (χ0v) is 40.3. The fourth-order valence-electron chi connectivity index (χ4n) is 8.64. The van der Waals surface area contributed by atoms with Crippen LogP contribution in [0.4, 0.5) is 11.6 Å². The summed E-state index contributed by atoms with van der Waals surface area (Å²) in [5, 5.41) is 47.3. The average molecular weight is 998 g/mol. The number of carboxylic acid groups (broad SMARTS) is 4. The van der Waals surface area contributed by atoms with Gasteiger partial charge < -0.3 is 46.3 Å². The van der Waals surface area contributed by atoms with Crippen molar-refractivity contribution in [3.05, 3.63) is 70.5 Å². The molecule has 70 heavy (non-hydrogen) atoms. The van der Waals surface area contributed by atoms with Crippen LogP contribution in [0.5, 0.6) is 0 Å². The van der Waals surface area contributed by atoms with Gasteiger partial charge >= 0.3 is 23.9 Å². The Kier molecular flexibility index (Phi) is 19.7. The lowest BCUT2D eigenvalue weighted by molar-refractivity contribution is -0.140. The van der Waals surface area contributed by atoms with E-state index in [-0.39, 0.29) is 128 Å². The molecule has 0 aliphatic carbocycles. The van der Waals surface area contributed by atoms with Crippen molar-refractivity contribution in [1.82, 2.24) is 44.9 Å². The van der Waals surface area contributed by atoms with Gasteiger partial charge in [0.1, 0.15) is 12.1 Å². The first-order chi connectivity index (χ1) is 33.2. The number of aryl methyl sites for hydroxylation is 3. The van der Waals surface area contributed by atoms with Crippen LogP contribution in [-0.2, 0) is 45.3 Å². The van der Waals surface area contributed by atoms with Crippen LogP contribution < -0.4 is 25.6 Å². The van der Waals surface area contributed by atoms with Gasteiger partial charge in [0.15, 0.2) is 11.7 Å². The standard InChI is InChI=1S/C45H63N11O13S/c1-29-19-30(2)42(31(3)20-29)70(68,69)51-34(44(66)67)24-49-43(65)36-22-37(57)33-6-5-32(23-50-45-47-8-9-48-45)21-35(33)56(36)10-4-7-46-38(58)25-52-11-13-53(26-39(59)60)15-17-55(28-41(63)64)18-16-54(14-12-52)27-40(61)62/h5-6,8-9,19-21,34,36,51H,4,7,10-18,22-28H2,1-3H3,(H,46,58)(H,49,65)(H,59,60)(H,61,62)(H,63,64)(H,66,67)(H2,47,48,50)/t34-,36?/m0/s1. The predicted molar refractivity (Wildman–Crippen MR) is 254 cm³/mol. The number of aromatic nitrogens is 2. The number of hydrogen-bond acceptors (Lipinski definition) is 16. The summed E-state index contributed by atoms with van der Waals surface area (Å²) in [4.78, 5) is 104. The van der Waals surface area contributed by atoms with Gasteiger partial charge in [-0.2, -0.15) is 4.72 Å². The van der Waals surface area contributed by atoms with Gasteiger partial charge in [-0.3, -0.25) is 53.2 Å². The molecule has 1 unspecified atom stereocenters. The number of imidazole rings is 1. The Balaban J connectivity index is 1.29. The first-order valence-electron chi connectivity index (χ1n) is 22.8. The third-order valence-electron chi connectivity index (χ3n) is 11.9. The lowest BCUT2D eigenvalue weighted by Crippen LogP contribution is -2.55. The van der Waals surface area contributed by atoms with Crippen LogP contribution in [-0.4, -0.2) is 210 Å².